The first-order chi connectivity index (χ1) is 9.09. The van der Waals surface area contributed by atoms with Crippen LogP contribution in [0.25, 0.3) is 11.1 Å². The Morgan fingerprint density at radius 1 is 1.11 bits per heavy atom. The zero-order chi connectivity index (χ0) is 13.5. The Hall–Kier alpha value is -1.65. The van der Waals surface area contributed by atoms with E-state index < -0.39 is 5.54 Å². The highest BCUT2D eigenvalue weighted by Crippen LogP contribution is 2.31. The first-order valence-electron chi connectivity index (χ1n) is 5.99. The van der Waals surface area contributed by atoms with Crippen LogP contribution in [0.1, 0.15) is 18.4 Å². The van der Waals surface area contributed by atoms with E-state index in [2.05, 4.69) is 20.9 Å². The molecule has 1 aromatic heterocycles. The van der Waals surface area contributed by atoms with Crippen LogP contribution in [0.15, 0.2) is 57.4 Å². The lowest BCUT2D eigenvalue weighted by Gasteiger charge is -2.20. The van der Waals surface area contributed by atoms with Crippen LogP contribution in [0, 0.1) is 0 Å². The summed E-state index contributed by atoms with van der Waals surface area (Å²) in [4.78, 5) is 4.50. The molecule has 0 amide bonds. The van der Waals surface area contributed by atoms with Crippen molar-refractivity contribution in [2.75, 3.05) is 0 Å². The highest BCUT2D eigenvalue weighted by Gasteiger charge is 2.29. The average Bonchev–Trinajstić information content (AvgIpc) is 2.86. The molecular weight excluding hydrogens is 304 g/mol. The molecule has 3 rings (SSSR count). The van der Waals surface area contributed by atoms with Gasteiger partial charge in [0.1, 0.15) is 11.1 Å². The largest absolute Gasteiger partial charge is 0.437 e. The molecule has 0 spiro atoms. The molecule has 96 valence electrons. The monoisotopic (exact) mass is 316 g/mol. The SMILES string of the molecule is CC(N)(c1ccccc1)c1nc2cccc(Br)c2o1. The molecule has 0 aliphatic heterocycles. The van der Waals surface area contributed by atoms with Crippen LogP contribution in [0.4, 0.5) is 0 Å². The summed E-state index contributed by atoms with van der Waals surface area (Å²) in [7, 11) is 0. The topological polar surface area (TPSA) is 52.0 Å². The number of halogens is 1. The van der Waals surface area contributed by atoms with Gasteiger partial charge in [-0.25, -0.2) is 4.98 Å². The maximum Gasteiger partial charge on any atom is 0.219 e. The predicted molar refractivity (Wildman–Crippen MR) is 78.8 cm³/mol. The van der Waals surface area contributed by atoms with E-state index in [0.29, 0.717) is 5.89 Å². The number of rotatable bonds is 2. The first kappa shape index (κ1) is 12.4. The molecule has 4 heteroatoms. The smallest absolute Gasteiger partial charge is 0.219 e. The van der Waals surface area contributed by atoms with Crippen molar-refractivity contribution >= 4 is 27.0 Å². The van der Waals surface area contributed by atoms with Crippen molar-refractivity contribution in [3.05, 3.63) is 64.5 Å². The summed E-state index contributed by atoms with van der Waals surface area (Å²) in [6.45, 7) is 1.90. The summed E-state index contributed by atoms with van der Waals surface area (Å²) >= 11 is 3.46. The lowest BCUT2D eigenvalue weighted by atomic mass is 9.93. The Morgan fingerprint density at radius 3 is 2.53 bits per heavy atom. The van der Waals surface area contributed by atoms with Crippen molar-refractivity contribution in [1.82, 2.24) is 4.98 Å². The second kappa shape index (κ2) is 4.47. The molecule has 1 unspecified atom stereocenters. The van der Waals surface area contributed by atoms with Crippen molar-refractivity contribution in [1.29, 1.82) is 0 Å². The van der Waals surface area contributed by atoms with Crippen LogP contribution in [0.2, 0.25) is 0 Å². The fraction of sp³-hybridized carbons (Fsp3) is 0.133. The third kappa shape index (κ3) is 2.07. The molecular formula is C15H13BrN2O. The molecule has 3 nitrogen and oxygen atoms in total. The predicted octanol–water partition coefficient (Wildman–Crippen LogP) is 3.81. The summed E-state index contributed by atoms with van der Waals surface area (Å²) in [5.41, 5.74) is 8.15. The molecule has 1 heterocycles. The van der Waals surface area contributed by atoms with Gasteiger partial charge in [-0.3, -0.25) is 0 Å². The summed E-state index contributed by atoms with van der Waals surface area (Å²) in [6.07, 6.45) is 0. The number of para-hydroxylation sites is 1. The molecule has 1 atom stereocenters. The van der Waals surface area contributed by atoms with Gasteiger partial charge in [0.25, 0.3) is 0 Å². The Labute approximate surface area is 119 Å². The van der Waals surface area contributed by atoms with Gasteiger partial charge in [0, 0.05) is 0 Å². The van der Waals surface area contributed by atoms with Crippen molar-refractivity contribution < 1.29 is 4.42 Å². The molecule has 19 heavy (non-hydrogen) atoms. The van der Waals surface area contributed by atoms with E-state index in [1.165, 1.54) is 0 Å². The van der Waals surface area contributed by atoms with Crippen LogP contribution in [-0.2, 0) is 5.54 Å². The fourth-order valence-corrected chi connectivity index (χ4v) is 2.48. The highest BCUT2D eigenvalue weighted by atomic mass is 79.9. The molecule has 0 aliphatic rings. The minimum absolute atomic E-state index is 0.514. The van der Waals surface area contributed by atoms with Crippen molar-refractivity contribution in [3.8, 4) is 0 Å². The van der Waals surface area contributed by atoms with Gasteiger partial charge in [0.2, 0.25) is 5.89 Å². The normalized spacial score (nSPS) is 14.5. The standard InChI is InChI=1S/C15H13BrN2O/c1-15(17,10-6-3-2-4-7-10)14-18-12-9-5-8-11(16)13(12)19-14/h2-9H,17H2,1H3. The fourth-order valence-electron chi connectivity index (χ4n) is 2.05. The molecule has 2 aromatic carbocycles. The number of hydrogen-bond donors (Lipinski definition) is 1. The summed E-state index contributed by atoms with van der Waals surface area (Å²) in [5, 5.41) is 0. The molecule has 2 N–H and O–H groups in total. The van der Waals surface area contributed by atoms with Crippen molar-refractivity contribution in [3.63, 3.8) is 0 Å². The van der Waals surface area contributed by atoms with Crippen molar-refractivity contribution in [2.45, 2.75) is 12.5 Å². The Morgan fingerprint density at radius 2 is 1.84 bits per heavy atom. The van der Waals surface area contributed by atoms with Crippen molar-refractivity contribution in [2.24, 2.45) is 5.73 Å². The Bertz CT molecular complexity index is 719. The lowest BCUT2D eigenvalue weighted by molar-refractivity contribution is 0.418. The third-order valence-electron chi connectivity index (χ3n) is 3.18. The van der Waals surface area contributed by atoms with Gasteiger partial charge in [-0.1, -0.05) is 36.4 Å². The first-order valence-corrected chi connectivity index (χ1v) is 6.78. The minimum Gasteiger partial charge on any atom is -0.437 e. The zero-order valence-electron chi connectivity index (χ0n) is 10.4. The third-order valence-corrected chi connectivity index (χ3v) is 3.81. The van der Waals surface area contributed by atoms with Gasteiger partial charge in [-0.05, 0) is 40.5 Å². The van der Waals surface area contributed by atoms with Gasteiger partial charge >= 0.3 is 0 Å². The van der Waals surface area contributed by atoms with Crippen LogP contribution in [0.5, 0.6) is 0 Å². The van der Waals surface area contributed by atoms with E-state index in [9.17, 15) is 0 Å². The average molecular weight is 317 g/mol. The summed E-state index contributed by atoms with van der Waals surface area (Å²) in [6, 6.07) is 15.6. The van der Waals surface area contributed by atoms with Crippen LogP contribution in [-0.4, -0.2) is 4.98 Å². The molecule has 0 fully saturated rings. The number of aromatic nitrogens is 1. The number of hydrogen-bond acceptors (Lipinski definition) is 3. The second-order valence-corrected chi connectivity index (χ2v) is 5.53. The van der Waals surface area contributed by atoms with Crippen LogP contribution >= 0.6 is 15.9 Å². The van der Waals surface area contributed by atoms with Crippen LogP contribution < -0.4 is 5.73 Å². The van der Waals surface area contributed by atoms with E-state index in [4.69, 9.17) is 10.2 Å². The van der Waals surface area contributed by atoms with Gasteiger partial charge in [0.15, 0.2) is 5.58 Å². The van der Waals surface area contributed by atoms with Gasteiger partial charge in [-0.2, -0.15) is 0 Å². The van der Waals surface area contributed by atoms with E-state index >= 15 is 0 Å². The van der Waals surface area contributed by atoms with Gasteiger partial charge in [0.05, 0.1) is 4.47 Å². The molecule has 0 bridgehead atoms. The summed E-state index contributed by atoms with van der Waals surface area (Å²) < 4.78 is 6.72. The molecule has 0 radical (unpaired) electrons. The number of nitrogens with zero attached hydrogens (tertiary/aromatic N) is 1. The number of oxazole rings is 1. The summed E-state index contributed by atoms with van der Waals surface area (Å²) in [5.74, 6) is 0.514. The molecule has 0 saturated carbocycles. The lowest BCUT2D eigenvalue weighted by Crippen LogP contribution is -2.34. The Kier molecular flexibility index (Phi) is 2.92. The quantitative estimate of drug-likeness (QED) is 0.782. The van der Waals surface area contributed by atoms with E-state index in [-0.39, 0.29) is 0 Å². The number of nitrogens with two attached hydrogens (primary N) is 1. The molecule has 3 aromatic rings. The maximum atomic E-state index is 6.40. The van der Waals surface area contributed by atoms with Gasteiger partial charge < -0.3 is 10.2 Å². The zero-order valence-corrected chi connectivity index (χ0v) is 12.0. The van der Waals surface area contributed by atoms with E-state index in [1.54, 1.807) is 0 Å². The second-order valence-electron chi connectivity index (χ2n) is 4.68. The van der Waals surface area contributed by atoms with Crippen LogP contribution in [0.3, 0.4) is 0 Å². The van der Waals surface area contributed by atoms with E-state index in [0.717, 1.165) is 21.1 Å². The highest BCUT2D eigenvalue weighted by molar-refractivity contribution is 9.10. The van der Waals surface area contributed by atoms with Gasteiger partial charge in [-0.15, -0.1) is 0 Å². The number of fused-ring (bicyclic) bond motifs is 1. The Balaban J connectivity index is 2.16. The maximum absolute atomic E-state index is 6.40. The molecule has 0 aliphatic carbocycles. The number of benzene rings is 2. The molecule has 0 saturated heterocycles. The minimum atomic E-state index is -0.750. The van der Waals surface area contributed by atoms with E-state index in [1.807, 2.05) is 55.5 Å².